The maximum absolute atomic E-state index is 13.4. The van der Waals surface area contributed by atoms with E-state index in [2.05, 4.69) is 20.3 Å². The van der Waals surface area contributed by atoms with Crippen LogP contribution in [0.2, 0.25) is 0 Å². The molecule has 0 saturated carbocycles. The number of aromatic nitrogens is 5. The summed E-state index contributed by atoms with van der Waals surface area (Å²) in [6.45, 7) is 0.417. The zero-order chi connectivity index (χ0) is 22.0. The minimum absolute atomic E-state index is 0.107. The fourth-order valence-corrected chi connectivity index (χ4v) is 4.91. The van der Waals surface area contributed by atoms with Crippen LogP contribution in [0.4, 0.5) is 0 Å². The summed E-state index contributed by atoms with van der Waals surface area (Å²) in [5, 5.41) is 8.27. The molecule has 0 spiro atoms. The average molecular weight is 442 g/mol. The van der Waals surface area contributed by atoms with Gasteiger partial charge in [-0.2, -0.15) is 0 Å². The third-order valence-corrected chi connectivity index (χ3v) is 6.62. The quantitative estimate of drug-likeness (QED) is 0.371. The highest BCUT2D eigenvalue weighted by Gasteiger charge is 2.26. The van der Waals surface area contributed by atoms with Crippen LogP contribution in [0.3, 0.4) is 0 Å². The number of hydrogen-bond donors (Lipinski definition) is 0. The molecule has 7 nitrogen and oxygen atoms in total. The Bertz CT molecular complexity index is 1470. The molecule has 0 saturated heterocycles. The van der Waals surface area contributed by atoms with E-state index in [-0.39, 0.29) is 16.3 Å². The number of nitrogens with zero attached hydrogens (tertiary/aromatic N) is 5. The molecule has 2 aromatic heterocycles. The van der Waals surface area contributed by atoms with Gasteiger partial charge in [-0.15, -0.1) is 5.10 Å². The van der Waals surface area contributed by atoms with Crippen LogP contribution in [-0.2, 0) is 22.1 Å². The molecule has 0 fully saturated rings. The minimum atomic E-state index is -3.80. The van der Waals surface area contributed by atoms with Gasteiger partial charge in [-0.1, -0.05) is 96.2 Å². The lowest BCUT2D eigenvalue weighted by Crippen LogP contribution is -2.10. The van der Waals surface area contributed by atoms with E-state index in [1.54, 1.807) is 16.8 Å². The monoisotopic (exact) mass is 441 g/mol. The highest BCUT2D eigenvalue weighted by atomic mass is 32.2. The van der Waals surface area contributed by atoms with E-state index in [1.807, 2.05) is 78.9 Å². The summed E-state index contributed by atoms with van der Waals surface area (Å²) in [5.74, 6) is 0.140. The Balaban J connectivity index is 1.67. The molecule has 0 unspecified atom stereocenters. The fraction of sp³-hybridized carbons (Fsp3) is 0.0833. The smallest absolute Gasteiger partial charge is 0.202 e. The second kappa shape index (κ2) is 8.32. The molecule has 0 bridgehead atoms. The van der Waals surface area contributed by atoms with Gasteiger partial charge in [0.25, 0.3) is 0 Å². The second-order valence-electron chi connectivity index (χ2n) is 7.37. The van der Waals surface area contributed by atoms with E-state index in [1.165, 1.54) is 0 Å². The van der Waals surface area contributed by atoms with Gasteiger partial charge in [-0.05, 0) is 11.1 Å². The Morgan fingerprint density at radius 1 is 0.719 bits per heavy atom. The van der Waals surface area contributed by atoms with E-state index in [0.29, 0.717) is 23.6 Å². The van der Waals surface area contributed by atoms with Gasteiger partial charge in [0.2, 0.25) is 9.84 Å². The lowest BCUT2D eigenvalue weighted by atomic mass is 10.2. The summed E-state index contributed by atoms with van der Waals surface area (Å²) in [6.07, 6.45) is 0. The molecule has 0 radical (unpaired) electrons. The molecule has 5 aromatic rings. The van der Waals surface area contributed by atoms with Gasteiger partial charge in [0.1, 0.15) is 0 Å². The first-order chi connectivity index (χ1) is 15.6. The Kier molecular flexibility index (Phi) is 5.20. The third kappa shape index (κ3) is 4.00. The summed E-state index contributed by atoms with van der Waals surface area (Å²) >= 11 is 0. The first-order valence-electron chi connectivity index (χ1n) is 10.1. The minimum Gasteiger partial charge on any atom is -0.222 e. The first kappa shape index (κ1) is 20.0. The second-order valence-corrected chi connectivity index (χ2v) is 9.27. The van der Waals surface area contributed by atoms with Crippen molar-refractivity contribution in [1.82, 2.24) is 25.0 Å². The lowest BCUT2D eigenvalue weighted by Gasteiger charge is -2.08. The van der Waals surface area contributed by atoms with Gasteiger partial charge >= 0.3 is 0 Å². The van der Waals surface area contributed by atoms with Crippen LogP contribution in [0.1, 0.15) is 11.1 Å². The van der Waals surface area contributed by atoms with Crippen LogP contribution in [0.15, 0.2) is 96.0 Å². The normalized spacial score (nSPS) is 11.6. The molecule has 8 heteroatoms. The van der Waals surface area contributed by atoms with Crippen LogP contribution in [-0.4, -0.2) is 33.4 Å². The van der Waals surface area contributed by atoms with Gasteiger partial charge in [0.15, 0.2) is 22.0 Å². The number of sulfone groups is 1. The van der Waals surface area contributed by atoms with Crippen molar-refractivity contribution in [2.75, 3.05) is 0 Å². The standard InChI is InChI=1S/C24H19N5O2S/c30-32(31,17-19-12-6-2-7-13-19)24-21-23(25-22(26-24)20-14-8-3-9-15-20)29(28-27-21)16-18-10-4-1-5-11-18/h1-15H,16-17H2. The summed E-state index contributed by atoms with van der Waals surface area (Å²) in [5.41, 5.74) is 2.97. The molecule has 0 aliphatic rings. The fourth-order valence-electron chi connectivity index (χ4n) is 3.49. The van der Waals surface area contributed by atoms with Crippen molar-refractivity contribution in [3.05, 3.63) is 102 Å². The molecular formula is C24H19N5O2S. The van der Waals surface area contributed by atoms with Crippen LogP contribution in [0.25, 0.3) is 22.6 Å². The molecule has 3 aromatic carbocycles. The molecule has 2 heterocycles. The largest absolute Gasteiger partial charge is 0.222 e. The number of rotatable bonds is 6. The van der Waals surface area contributed by atoms with Crippen LogP contribution in [0, 0.1) is 0 Å². The average Bonchev–Trinajstić information content (AvgIpc) is 3.22. The van der Waals surface area contributed by atoms with Crippen molar-refractivity contribution in [2.24, 2.45) is 0 Å². The van der Waals surface area contributed by atoms with Gasteiger partial charge in [-0.3, -0.25) is 0 Å². The summed E-state index contributed by atoms with van der Waals surface area (Å²) in [7, 11) is -3.80. The van der Waals surface area contributed by atoms with Crippen molar-refractivity contribution < 1.29 is 8.42 Å². The van der Waals surface area contributed by atoms with E-state index < -0.39 is 9.84 Å². The molecule has 5 rings (SSSR count). The van der Waals surface area contributed by atoms with Crippen LogP contribution < -0.4 is 0 Å². The zero-order valence-corrected chi connectivity index (χ0v) is 17.9. The molecule has 158 valence electrons. The zero-order valence-electron chi connectivity index (χ0n) is 17.0. The predicted octanol–water partition coefficient (Wildman–Crippen LogP) is 3.91. The van der Waals surface area contributed by atoms with E-state index >= 15 is 0 Å². The van der Waals surface area contributed by atoms with Gasteiger partial charge < -0.3 is 0 Å². The Hall–Kier alpha value is -3.91. The van der Waals surface area contributed by atoms with Crippen LogP contribution in [0.5, 0.6) is 0 Å². The summed E-state index contributed by atoms with van der Waals surface area (Å²) < 4.78 is 28.4. The maximum Gasteiger partial charge on any atom is 0.202 e. The van der Waals surface area contributed by atoms with Crippen molar-refractivity contribution in [3.63, 3.8) is 0 Å². The SMILES string of the molecule is O=S(=O)(Cc1ccccc1)c1nc(-c2ccccc2)nc2c1nnn2Cc1ccccc1. The summed E-state index contributed by atoms with van der Waals surface area (Å²) in [4.78, 5) is 9.09. The molecule has 0 aliphatic heterocycles. The molecule has 0 aliphatic carbocycles. The van der Waals surface area contributed by atoms with Gasteiger partial charge in [-0.25, -0.2) is 23.1 Å². The van der Waals surface area contributed by atoms with Crippen molar-refractivity contribution in [1.29, 1.82) is 0 Å². The molecule has 0 N–H and O–H groups in total. The van der Waals surface area contributed by atoms with Crippen molar-refractivity contribution in [3.8, 4) is 11.4 Å². The molecule has 0 amide bonds. The predicted molar refractivity (Wildman–Crippen MR) is 121 cm³/mol. The maximum atomic E-state index is 13.4. The molecular weight excluding hydrogens is 422 g/mol. The first-order valence-corrected chi connectivity index (χ1v) is 11.7. The van der Waals surface area contributed by atoms with Gasteiger partial charge in [0, 0.05) is 5.56 Å². The highest BCUT2D eigenvalue weighted by Crippen LogP contribution is 2.26. The highest BCUT2D eigenvalue weighted by molar-refractivity contribution is 7.90. The Morgan fingerprint density at radius 2 is 1.31 bits per heavy atom. The van der Waals surface area contributed by atoms with Crippen LogP contribution >= 0.6 is 0 Å². The summed E-state index contributed by atoms with van der Waals surface area (Å²) in [6, 6.07) is 28.1. The van der Waals surface area contributed by atoms with Crippen molar-refractivity contribution in [2.45, 2.75) is 17.3 Å². The Labute approximate surface area is 185 Å². The van der Waals surface area contributed by atoms with E-state index in [9.17, 15) is 8.42 Å². The van der Waals surface area contributed by atoms with E-state index in [4.69, 9.17) is 0 Å². The molecule has 32 heavy (non-hydrogen) atoms. The van der Waals surface area contributed by atoms with E-state index in [0.717, 1.165) is 11.1 Å². The lowest BCUT2D eigenvalue weighted by molar-refractivity contribution is 0.592. The van der Waals surface area contributed by atoms with Gasteiger partial charge in [0.05, 0.1) is 12.3 Å². The van der Waals surface area contributed by atoms with Crippen molar-refractivity contribution >= 4 is 21.0 Å². The molecule has 0 atom stereocenters. The number of hydrogen-bond acceptors (Lipinski definition) is 6. The third-order valence-electron chi connectivity index (χ3n) is 5.03. The topological polar surface area (TPSA) is 90.6 Å². The Morgan fingerprint density at radius 3 is 1.97 bits per heavy atom. The number of fused-ring (bicyclic) bond motifs is 1. The number of benzene rings is 3.